The quantitative estimate of drug-likeness (QED) is 0.753. The SMILES string of the molecule is CCCCCC(=O)NC1CCCC(C(F)(F)F)C1. The van der Waals surface area contributed by atoms with Crippen molar-refractivity contribution in [2.24, 2.45) is 5.92 Å². The van der Waals surface area contributed by atoms with Crippen LogP contribution in [0.4, 0.5) is 13.2 Å². The summed E-state index contributed by atoms with van der Waals surface area (Å²) in [7, 11) is 0. The molecule has 0 aromatic rings. The zero-order valence-electron chi connectivity index (χ0n) is 10.9. The van der Waals surface area contributed by atoms with E-state index in [0.29, 0.717) is 19.3 Å². The Balaban J connectivity index is 2.31. The highest BCUT2D eigenvalue weighted by atomic mass is 19.4. The normalized spacial score (nSPS) is 24.9. The number of carbonyl (C=O) groups excluding carboxylic acids is 1. The third-order valence-corrected chi connectivity index (χ3v) is 3.51. The van der Waals surface area contributed by atoms with Crippen LogP contribution in [0, 0.1) is 5.92 Å². The Kier molecular flexibility index (Phi) is 5.96. The van der Waals surface area contributed by atoms with Gasteiger partial charge in [0.05, 0.1) is 5.92 Å². The van der Waals surface area contributed by atoms with E-state index in [1.165, 1.54) is 0 Å². The van der Waals surface area contributed by atoms with Crippen molar-refractivity contribution in [2.75, 3.05) is 0 Å². The first-order chi connectivity index (χ1) is 8.43. The Morgan fingerprint density at radius 3 is 2.61 bits per heavy atom. The molecule has 2 unspecified atom stereocenters. The predicted molar refractivity (Wildman–Crippen MR) is 64.1 cm³/mol. The molecule has 0 saturated heterocycles. The van der Waals surface area contributed by atoms with Gasteiger partial charge in [-0.3, -0.25) is 4.79 Å². The lowest BCUT2D eigenvalue weighted by Gasteiger charge is -2.31. The van der Waals surface area contributed by atoms with E-state index in [1.54, 1.807) is 0 Å². The van der Waals surface area contributed by atoms with E-state index in [1.807, 2.05) is 6.92 Å². The number of unbranched alkanes of at least 4 members (excludes halogenated alkanes) is 2. The molecule has 1 aliphatic rings. The van der Waals surface area contributed by atoms with E-state index in [0.717, 1.165) is 19.3 Å². The molecule has 1 saturated carbocycles. The molecule has 5 heteroatoms. The van der Waals surface area contributed by atoms with E-state index in [9.17, 15) is 18.0 Å². The lowest BCUT2D eigenvalue weighted by molar-refractivity contribution is -0.184. The van der Waals surface area contributed by atoms with Gasteiger partial charge in [0.2, 0.25) is 5.91 Å². The maximum atomic E-state index is 12.6. The van der Waals surface area contributed by atoms with Crippen molar-refractivity contribution in [3.63, 3.8) is 0 Å². The van der Waals surface area contributed by atoms with E-state index in [2.05, 4.69) is 5.32 Å². The van der Waals surface area contributed by atoms with Gasteiger partial charge >= 0.3 is 6.18 Å². The zero-order valence-corrected chi connectivity index (χ0v) is 10.9. The average Bonchev–Trinajstić information content (AvgIpc) is 2.28. The minimum Gasteiger partial charge on any atom is -0.353 e. The van der Waals surface area contributed by atoms with Gasteiger partial charge in [-0.25, -0.2) is 0 Å². The minimum absolute atomic E-state index is 0.0447. The molecule has 1 aliphatic carbocycles. The summed E-state index contributed by atoms with van der Waals surface area (Å²) < 4.78 is 37.8. The summed E-state index contributed by atoms with van der Waals surface area (Å²) in [4.78, 5) is 11.6. The van der Waals surface area contributed by atoms with Crippen LogP contribution in [0.5, 0.6) is 0 Å². The molecule has 0 heterocycles. The third kappa shape index (κ3) is 5.27. The summed E-state index contributed by atoms with van der Waals surface area (Å²) in [6.45, 7) is 2.05. The first-order valence-corrected chi connectivity index (χ1v) is 6.79. The van der Waals surface area contributed by atoms with Gasteiger partial charge in [-0.15, -0.1) is 0 Å². The zero-order chi connectivity index (χ0) is 13.6. The van der Waals surface area contributed by atoms with Gasteiger partial charge in [-0.2, -0.15) is 13.2 Å². The number of nitrogens with one attached hydrogen (secondary N) is 1. The first kappa shape index (κ1) is 15.3. The highest BCUT2D eigenvalue weighted by molar-refractivity contribution is 5.76. The van der Waals surface area contributed by atoms with Gasteiger partial charge in [0, 0.05) is 12.5 Å². The lowest BCUT2D eigenvalue weighted by Crippen LogP contribution is -2.41. The maximum absolute atomic E-state index is 12.6. The van der Waals surface area contributed by atoms with Gasteiger partial charge in [0.1, 0.15) is 0 Å². The highest BCUT2D eigenvalue weighted by Gasteiger charge is 2.42. The summed E-state index contributed by atoms with van der Waals surface area (Å²) in [5.41, 5.74) is 0. The molecule has 106 valence electrons. The van der Waals surface area contributed by atoms with Crippen LogP contribution in [0.1, 0.15) is 58.3 Å². The molecular formula is C13H22F3NO. The van der Waals surface area contributed by atoms with E-state index >= 15 is 0 Å². The van der Waals surface area contributed by atoms with Crippen LogP contribution in [0.3, 0.4) is 0 Å². The van der Waals surface area contributed by atoms with Crippen LogP contribution in [0.15, 0.2) is 0 Å². The molecular weight excluding hydrogens is 243 g/mol. The van der Waals surface area contributed by atoms with Crippen LogP contribution < -0.4 is 5.32 Å². The lowest BCUT2D eigenvalue weighted by atomic mass is 9.85. The summed E-state index contributed by atoms with van der Waals surface area (Å²) in [6, 6.07) is -0.292. The molecule has 2 nitrogen and oxygen atoms in total. The van der Waals surface area contributed by atoms with Gasteiger partial charge in [-0.05, 0) is 25.7 Å². The number of hydrogen-bond acceptors (Lipinski definition) is 1. The Bertz CT molecular complexity index is 265. The third-order valence-electron chi connectivity index (χ3n) is 3.51. The molecule has 0 spiro atoms. The predicted octanol–water partition coefficient (Wildman–Crippen LogP) is 3.80. The summed E-state index contributed by atoms with van der Waals surface area (Å²) in [6.07, 6.45) is 0.616. The first-order valence-electron chi connectivity index (χ1n) is 6.79. The van der Waals surface area contributed by atoms with E-state index in [4.69, 9.17) is 0 Å². The molecule has 0 radical (unpaired) electrons. The molecule has 0 aromatic carbocycles. The van der Waals surface area contributed by atoms with Crippen molar-refractivity contribution in [3.8, 4) is 0 Å². The fourth-order valence-electron chi connectivity index (χ4n) is 2.45. The monoisotopic (exact) mass is 265 g/mol. The van der Waals surface area contributed by atoms with E-state index < -0.39 is 12.1 Å². The standard InChI is InChI=1S/C13H22F3NO/c1-2-3-4-8-12(18)17-11-7-5-6-10(9-11)13(14,15)16/h10-11H,2-9H2,1H3,(H,17,18). The Labute approximate surface area is 106 Å². The highest BCUT2D eigenvalue weighted by Crippen LogP contribution is 2.37. The molecule has 18 heavy (non-hydrogen) atoms. The van der Waals surface area contributed by atoms with Gasteiger partial charge in [0.25, 0.3) is 0 Å². The molecule has 2 atom stereocenters. The molecule has 1 N–H and O–H groups in total. The Hall–Kier alpha value is -0.740. The number of amides is 1. The average molecular weight is 265 g/mol. The van der Waals surface area contributed by atoms with E-state index in [-0.39, 0.29) is 24.8 Å². The topological polar surface area (TPSA) is 29.1 Å². The maximum Gasteiger partial charge on any atom is 0.391 e. The number of carbonyl (C=O) groups is 1. The van der Waals surface area contributed by atoms with Gasteiger partial charge in [0.15, 0.2) is 0 Å². The molecule has 1 amide bonds. The van der Waals surface area contributed by atoms with Crippen molar-refractivity contribution in [2.45, 2.75) is 70.5 Å². The Morgan fingerprint density at radius 2 is 2.00 bits per heavy atom. The summed E-state index contributed by atoms with van der Waals surface area (Å²) in [5, 5.41) is 2.74. The van der Waals surface area contributed by atoms with Crippen LogP contribution in [0.2, 0.25) is 0 Å². The van der Waals surface area contributed by atoms with Crippen LogP contribution >= 0.6 is 0 Å². The largest absolute Gasteiger partial charge is 0.391 e. The number of hydrogen-bond donors (Lipinski definition) is 1. The van der Waals surface area contributed by atoms with Crippen molar-refractivity contribution in [1.29, 1.82) is 0 Å². The van der Waals surface area contributed by atoms with Crippen LogP contribution in [-0.4, -0.2) is 18.1 Å². The molecule has 0 aliphatic heterocycles. The fraction of sp³-hybridized carbons (Fsp3) is 0.923. The fourth-order valence-corrected chi connectivity index (χ4v) is 2.45. The van der Waals surface area contributed by atoms with Crippen molar-refractivity contribution >= 4 is 5.91 Å². The van der Waals surface area contributed by atoms with Crippen molar-refractivity contribution in [1.82, 2.24) is 5.32 Å². The summed E-state index contributed by atoms with van der Waals surface area (Å²) in [5.74, 6) is -1.34. The molecule has 1 fully saturated rings. The van der Waals surface area contributed by atoms with Crippen molar-refractivity contribution < 1.29 is 18.0 Å². The molecule has 0 bridgehead atoms. The minimum atomic E-state index is -4.12. The number of rotatable bonds is 5. The molecule has 0 aromatic heterocycles. The molecule has 1 rings (SSSR count). The van der Waals surface area contributed by atoms with Crippen LogP contribution in [-0.2, 0) is 4.79 Å². The van der Waals surface area contributed by atoms with Crippen molar-refractivity contribution in [3.05, 3.63) is 0 Å². The second kappa shape index (κ2) is 7.00. The van der Waals surface area contributed by atoms with Crippen LogP contribution in [0.25, 0.3) is 0 Å². The second-order valence-corrected chi connectivity index (χ2v) is 5.13. The second-order valence-electron chi connectivity index (χ2n) is 5.13. The number of alkyl halides is 3. The summed E-state index contributed by atoms with van der Waals surface area (Å²) >= 11 is 0. The van der Waals surface area contributed by atoms with Gasteiger partial charge in [-0.1, -0.05) is 26.2 Å². The van der Waals surface area contributed by atoms with Gasteiger partial charge < -0.3 is 5.32 Å². The number of halogens is 3. The Morgan fingerprint density at radius 1 is 1.28 bits per heavy atom. The smallest absolute Gasteiger partial charge is 0.353 e.